The summed E-state index contributed by atoms with van der Waals surface area (Å²) >= 11 is 0. The molecule has 9 heteroatoms. The van der Waals surface area contributed by atoms with E-state index in [4.69, 9.17) is 5.14 Å². The van der Waals surface area contributed by atoms with Crippen LogP contribution in [-0.4, -0.2) is 43.6 Å². The number of imide groups is 1. The van der Waals surface area contributed by atoms with Crippen molar-refractivity contribution in [1.29, 1.82) is 0 Å². The van der Waals surface area contributed by atoms with Crippen LogP contribution in [0.2, 0.25) is 0 Å². The number of nitrogens with zero attached hydrogens (tertiary/aromatic N) is 2. The molecule has 1 aliphatic rings. The predicted octanol–water partition coefficient (Wildman–Crippen LogP) is 2.97. The van der Waals surface area contributed by atoms with Crippen molar-refractivity contribution in [2.24, 2.45) is 5.14 Å². The number of anilines is 1. The van der Waals surface area contributed by atoms with Crippen molar-refractivity contribution in [3.63, 3.8) is 0 Å². The Kier molecular flexibility index (Phi) is 7.05. The molecule has 0 aliphatic carbocycles. The van der Waals surface area contributed by atoms with E-state index < -0.39 is 22.0 Å². The van der Waals surface area contributed by atoms with E-state index in [0.29, 0.717) is 17.7 Å². The molecule has 0 aromatic heterocycles. The van der Waals surface area contributed by atoms with Crippen LogP contribution in [0.3, 0.4) is 0 Å². The van der Waals surface area contributed by atoms with Gasteiger partial charge in [-0.25, -0.2) is 18.5 Å². The maximum atomic E-state index is 13.6. The first kappa shape index (κ1) is 25.3. The predicted molar refractivity (Wildman–Crippen MR) is 136 cm³/mol. The standard InChI is InChI=1S/C27H27N3O5S/c1-18-6-10-22(11-7-18)30-25(31)17-24(27(30)33)29(26(32)21-5-3-4-19(2)16-21)15-14-20-8-12-23(13-9-20)36(28,34)35/h3-13,16,24H,14-15,17H2,1-2H3,(H2,28,34,35). The molecule has 4 rings (SSSR count). The fourth-order valence-corrected chi connectivity index (χ4v) is 4.78. The number of benzene rings is 3. The van der Waals surface area contributed by atoms with Gasteiger partial charge in [-0.3, -0.25) is 14.4 Å². The van der Waals surface area contributed by atoms with E-state index in [1.165, 1.54) is 17.0 Å². The van der Waals surface area contributed by atoms with E-state index in [2.05, 4.69) is 0 Å². The summed E-state index contributed by atoms with van der Waals surface area (Å²) in [5, 5.41) is 5.17. The van der Waals surface area contributed by atoms with Gasteiger partial charge in [-0.15, -0.1) is 0 Å². The highest BCUT2D eigenvalue weighted by atomic mass is 32.2. The molecule has 3 aromatic carbocycles. The smallest absolute Gasteiger partial charge is 0.257 e. The van der Waals surface area contributed by atoms with Gasteiger partial charge in [-0.2, -0.15) is 0 Å². The number of sulfonamides is 1. The minimum Gasteiger partial charge on any atom is -0.326 e. The van der Waals surface area contributed by atoms with Crippen LogP contribution >= 0.6 is 0 Å². The zero-order valence-corrected chi connectivity index (χ0v) is 20.9. The van der Waals surface area contributed by atoms with Crippen LogP contribution in [0.4, 0.5) is 5.69 Å². The van der Waals surface area contributed by atoms with Crippen molar-refractivity contribution in [2.75, 3.05) is 11.4 Å². The van der Waals surface area contributed by atoms with Gasteiger partial charge in [0.1, 0.15) is 6.04 Å². The van der Waals surface area contributed by atoms with E-state index in [1.807, 2.05) is 32.0 Å². The average molecular weight is 506 g/mol. The van der Waals surface area contributed by atoms with Crippen molar-refractivity contribution < 1.29 is 22.8 Å². The van der Waals surface area contributed by atoms with Gasteiger partial charge in [0.25, 0.3) is 11.8 Å². The quantitative estimate of drug-likeness (QED) is 0.496. The fourth-order valence-electron chi connectivity index (χ4n) is 4.26. The van der Waals surface area contributed by atoms with E-state index in [-0.39, 0.29) is 29.7 Å². The van der Waals surface area contributed by atoms with Gasteiger partial charge in [0.15, 0.2) is 0 Å². The highest BCUT2D eigenvalue weighted by Gasteiger charge is 2.44. The van der Waals surface area contributed by atoms with Gasteiger partial charge >= 0.3 is 0 Å². The molecule has 1 heterocycles. The van der Waals surface area contributed by atoms with Gasteiger partial charge < -0.3 is 4.90 Å². The summed E-state index contributed by atoms with van der Waals surface area (Å²) in [6, 6.07) is 19.2. The molecule has 0 saturated carbocycles. The first-order chi connectivity index (χ1) is 17.0. The summed E-state index contributed by atoms with van der Waals surface area (Å²) in [6.07, 6.45) is 0.236. The van der Waals surface area contributed by atoms with Crippen LogP contribution in [0.15, 0.2) is 77.7 Å². The molecule has 1 fully saturated rings. The lowest BCUT2D eigenvalue weighted by Gasteiger charge is -2.28. The van der Waals surface area contributed by atoms with E-state index >= 15 is 0 Å². The van der Waals surface area contributed by atoms with Gasteiger partial charge in [-0.05, 0) is 62.2 Å². The Hall–Kier alpha value is -3.82. The van der Waals surface area contributed by atoms with Gasteiger partial charge in [0.05, 0.1) is 17.0 Å². The number of hydrogen-bond acceptors (Lipinski definition) is 5. The third-order valence-electron chi connectivity index (χ3n) is 6.21. The van der Waals surface area contributed by atoms with E-state index in [0.717, 1.165) is 21.6 Å². The lowest BCUT2D eigenvalue weighted by molar-refractivity contribution is -0.122. The maximum absolute atomic E-state index is 13.6. The van der Waals surface area contributed by atoms with Gasteiger partial charge in [-0.1, -0.05) is 47.5 Å². The molecule has 186 valence electrons. The number of rotatable bonds is 7. The highest BCUT2D eigenvalue weighted by Crippen LogP contribution is 2.27. The third kappa shape index (κ3) is 5.37. The second-order valence-electron chi connectivity index (χ2n) is 8.93. The Morgan fingerprint density at radius 2 is 1.64 bits per heavy atom. The number of carbonyl (C=O) groups excluding carboxylic acids is 3. The van der Waals surface area contributed by atoms with Crippen molar-refractivity contribution in [3.8, 4) is 0 Å². The van der Waals surface area contributed by atoms with Crippen molar-refractivity contribution in [3.05, 3.63) is 95.1 Å². The molecule has 2 N–H and O–H groups in total. The molecule has 3 amide bonds. The summed E-state index contributed by atoms with van der Waals surface area (Å²) in [4.78, 5) is 42.5. The second kappa shape index (κ2) is 10.0. The average Bonchev–Trinajstić information content (AvgIpc) is 3.13. The SMILES string of the molecule is Cc1ccc(N2C(=O)CC(N(CCc3ccc(S(N)(=O)=O)cc3)C(=O)c3cccc(C)c3)C2=O)cc1. The topological polar surface area (TPSA) is 118 Å². The first-order valence-electron chi connectivity index (χ1n) is 11.5. The number of primary sulfonamides is 1. The van der Waals surface area contributed by atoms with E-state index in [1.54, 1.807) is 42.5 Å². The zero-order chi connectivity index (χ0) is 26.0. The number of aryl methyl sites for hydroxylation is 2. The molecule has 36 heavy (non-hydrogen) atoms. The normalized spacial score (nSPS) is 15.9. The molecule has 0 spiro atoms. The fraction of sp³-hybridized carbons (Fsp3) is 0.222. The van der Waals surface area contributed by atoms with Crippen LogP contribution in [0.25, 0.3) is 0 Å². The number of amides is 3. The minimum absolute atomic E-state index is 0.00995. The van der Waals surface area contributed by atoms with Crippen LogP contribution in [0.5, 0.6) is 0 Å². The van der Waals surface area contributed by atoms with Crippen molar-refractivity contribution >= 4 is 33.4 Å². The number of nitrogens with two attached hydrogens (primary N) is 1. The lowest BCUT2D eigenvalue weighted by atomic mass is 10.1. The van der Waals surface area contributed by atoms with Crippen LogP contribution in [0.1, 0.15) is 33.5 Å². The zero-order valence-electron chi connectivity index (χ0n) is 20.0. The molecule has 0 bridgehead atoms. The largest absolute Gasteiger partial charge is 0.326 e. The summed E-state index contributed by atoms with van der Waals surface area (Å²) in [5.74, 6) is -1.17. The van der Waals surface area contributed by atoms with Crippen LogP contribution in [0, 0.1) is 13.8 Å². The minimum atomic E-state index is -3.82. The highest BCUT2D eigenvalue weighted by molar-refractivity contribution is 7.89. The second-order valence-corrected chi connectivity index (χ2v) is 10.5. The molecule has 1 saturated heterocycles. The van der Waals surface area contributed by atoms with E-state index in [9.17, 15) is 22.8 Å². The molecule has 0 radical (unpaired) electrons. The Labute approximate surface area is 210 Å². The molecule has 1 unspecified atom stereocenters. The molecule has 8 nitrogen and oxygen atoms in total. The number of carbonyl (C=O) groups is 3. The lowest BCUT2D eigenvalue weighted by Crippen LogP contribution is -2.46. The Morgan fingerprint density at radius 1 is 0.972 bits per heavy atom. The molecule has 1 aliphatic heterocycles. The summed E-state index contributed by atoms with van der Waals surface area (Å²) in [7, 11) is -3.82. The summed E-state index contributed by atoms with van der Waals surface area (Å²) in [5.41, 5.74) is 3.55. The summed E-state index contributed by atoms with van der Waals surface area (Å²) in [6.45, 7) is 3.95. The van der Waals surface area contributed by atoms with Crippen molar-refractivity contribution in [2.45, 2.75) is 37.6 Å². The summed E-state index contributed by atoms with van der Waals surface area (Å²) < 4.78 is 23.1. The Bertz CT molecular complexity index is 1420. The Balaban J connectivity index is 1.62. The maximum Gasteiger partial charge on any atom is 0.257 e. The monoisotopic (exact) mass is 505 g/mol. The van der Waals surface area contributed by atoms with Crippen molar-refractivity contribution in [1.82, 2.24) is 4.90 Å². The third-order valence-corrected chi connectivity index (χ3v) is 7.14. The van der Waals surface area contributed by atoms with Crippen LogP contribution in [-0.2, 0) is 26.0 Å². The molecule has 3 aromatic rings. The van der Waals surface area contributed by atoms with Crippen LogP contribution < -0.4 is 10.0 Å². The van der Waals surface area contributed by atoms with Gasteiger partial charge in [0, 0.05) is 12.1 Å². The molecular formula is C27H27N3O5S. The Morgan fingerprint density at radius 3 is 2.25 bits per heavy atom. The number of hydrogen-bond donors (Lipinski definition) is 1. The molecular weight excluding hydrogens is 478 g/mol. The first-order valence-corrected chi connectivity index (χ1v) is 13.0. The van der Waals surface area contributed by atoms with Gasteiger partial charge in [0.2, 0.25) is 15.9 Å². The molecule has 1 atom stereocenters.